The molecular formula is C22H21N3O4S. The van der Waals surface area contributed by atoms with E-state index < -0.39 is 0 Å². The molecule has 0 radical (unpaired) electrons. The van der Waals surface area contributed by atoms with Gasteiger partial charge < -0.3 is 24.2 Å². The Balaban J connectivity index is 1.61. The molecule has 1 aliphatic rings. The van der Waals surface area contributed by atoms with Crippen molar-refractivity contribution in [2.75, 3.05) is 32.8 Å². The number of hydrogen-bond acceptors (Lipinski definition) is 7. The molecule has 0 aliphatic carbocycles. The van der Waals surface area contributed by atoms with Crippen LogP contribution >= 0.6 is 11.3 Å². The summed E-state index contributed by atoms with van der Waals surface area (Å²) in [5.41, 5.74) is 2.90. The van der Waals surface area contributed by atoms with Crippen molar-refractivity contribution in [3.63, 3.8) is 0 Å². The van der Waals surface area contributed by atoms with Crippen LogP contribution in [0.15, 0.2) is 53.6 Å². The Kier molecular flexibility index (Phi) is 5.33. The highest BCUT2D eigenvalue weighted by Crippen LogP contribution is 2.37. The van der Waals surface area contributed by atoms with Crippen LogP contribution in [0.25, 0.3) is 16.8 Å². The molecule has 3 aromatic rings. The fourth-order valence-electron chi connectivity index (χ4n) is 3.30. The van der Waals surface area contributed by atoms with E-state index in [1.165, 1.54) is 11.3 Å². The standard InChI is InChI=1S/C22H21N3O4S/c1-27-15-7-4-13(5-8-15)16-12-30-22(24-16)20-17(26)11-25(21(20)23)14-6-9-18(28-2)19(10-14)29-3/h4-10,12,23,26H,11H2,1-3H3. The third-order valence-electron chi connectivity index (χ3n) is 4.89. The first-order chi connectivity index (χ1) is 14.5. The van der Waals surface area contributed by atoms with Crippen molar-refractivity contribution in [2.45, 2.75) is 0 Å². The molecule has 2 N–H and O–H groups in total. The van der Waals surface area contributed by atoms with E-state index in [9.17, 15) is 5.11 Å². The molecule has 1 aliphatic heterocycles. The van der Waals surface area contributed by atoms with Gasteiger partial charge in [0.15, 0.2) is 11.5 Å². The Bertz CT molecular complexity index is 1120. The number of thiazole rings is 1. The predicted octanol–water partition coefficient (Wildman–Crippen LogP) is 4.60. The molecule has 0 unspecified atom stereocenters. The summed E-state index contributed by atoms with van der Waals surface area (Å²) in [4.78, 5) is 6.37. The summed E-state index contributed by atoms with van der Waals surface area (Å²) in [5.74, 6) is 2.25. The zero-order valence-corrected chi connectivity index (χ0v) is 17.6. The number of aliphatic hydroxyl groups excluding tert-OH is 1. The van der Waals surface area contributed by atoms with Crippen molar-refractivity contribution >= 4 is 28.4 Å². The van der Waals surface area contributed by atoms with E-state index >= 15 is 0 Å². The van der Waals surface area contributed by atoms with E-state index in [0.29, 0.717) is 22.1 Å². The minimum absolute atomic E-state index is 0.116. The van der Waals surface area contributed by atoms with Gasteiger partial charge in [-0.1, -0.05) is 0 Å². The zero-order valence-electron chi connectivity index (χ0n) is 16.8. The molecule has 2 aromatic carbocycles. The Morgan fingerprint density at radius 1 is 1.00 bits per heavy atom. The lowest BCUT2D eigenvalue weighted by Crippen LogP contribution is -2.26. The van der Waals surface area contributed by atoms with E-state index in [0.717, 1.165) is 22.7 Å². The molecule has 0 bridgehead atoms. The lowest BCUT2D eigenvalue weighted by atomic mass is 10.1. The second-order valence-corrected chi connectivity index (χ2v) is 7.42. The van der Waals surface area contributed by atoms with Gasteiger partial charge in [0.05, 0.1) is 39.1 Å². The van der Waals surface area contributed by atoms with Crippen molar-refractivity contribution in [1.29, 1.82) is 5.41 Å². The van der Waals surface area contributed by atoms with E-state index in [2.05, 4.69) is 4.98 Å². The van der Waals surface area contributed by atoms with Gasteiger partial charge in [-0.25, -0.2) is 4.98 Å². The van der Waals surface area contributed by atoms with E-state index in [4.69, 9.17) is 19.6 Å². The van der Waals surface area contributed by atoms with Gasteiger partial charge in [-0.3, -0.25) is 5.41 Å². The second-order valence-electron chi connectivity index (χ2n) is 6.56. The van der Waals surface area contributed by atoms with Gasteiger partial charge in [0.1, 0.15) is 22.4 Å². The molecule has 0 saturated carbocycles. The number of anilines is 1. The van der Waals surface area contributed by atoms with Crippen molar-refractivity contribution in [1.82, 2.24) is 4.98 Å². The number of aliphatic hydroxyl groups is 1. The normalized spacial score (nSPS) is 13.7. The van der Waals surface area contributed by atoms with Crippen molar-refractivity contribution in [2.24, 2.45) is 0 Å². The van der Waals surface area contributed by atoms with Gasteiger partial charge in [0, 0.05) is 22.7 Å². The molecule has 2 heterocycles. The third-order valence-corrected chi connectivity index (χ3v) is 5.75. The lowest BCUT2D eigenvalue weighted by molar-refractivity contribution is 0.355. The molecular weight excluding hydrogens is 402 g/mol. The first-order valence-electron chi connectivity index (χ1n) is 9.16. The number of aromatic nitrogens is 1. The number of nitrogens with one attached hydrogen (secondary N) is 1. The number of amidine groups is 1. The second kappa shape index (κ2) is 8.08. The number of methoxy groups -OCH3 is 3. The highest BCUT2D eigenvalue weighted by Gasteiger charge is 2.31. The monoisotopic (exact) mass is 423 g/mol. The molecule has 1 aromatic heterocycles. The highest BCUT2D eigenvalue weighted by atomic mass is 32.1. The smallest absolute Gasteiger partial charge is 0.162 e. The summed E-state index contributed by atoms with van der Waals surface area (Å²) < 4.78 is 15.8. The van der Waals surface area contributed by atoms with Crippen LogP contribution in [0.1, 0.15) is 5.01 Å². The molecule has 8 heteroatoms. The quantitative estimate of drug-likeness (QED) is 0.602. The van der Waals surface area contributed by atoms with Crippen molar-refractivity contribution < 1.29 is 19.3 Å². The SMILES string of the molecule is COc1ccc(-c2csc(C3=C(O)CN(c4ccc(OC)c(OC)c4)C3=N)n2)cc1. The van der Waals surface area contributed by atoms with E-state index in [1.807, 2.05) is 35.7 Å². The highest BCUT2D eigenvalue weighted by molar-refractivity contribution is 7.11. The maximum absolute atomic E-state index is 10.6. The van der Waals surface area contributed by atoms with Crippen LogP contribution in [0.5, 0.6) is 17.2 Å². The Labute approximate surface area is 178 Å². The molecule has 154 valence electrons. The van der Waals surface area contributed by atoms with Crippen LogP contribution in [0.2, 0.25) is 0 Å². The summed E-state index contributed by atoms with van der Waals surface area (Å²) in [5, 5.41) is 21.8. The zero-order chi connectivity index (χ0) is 21.3. The summed E-state index contributed by atoms with van der Waals surface area (Å²) >= 11 is 1.40. The van der Waals surface area contributed by atoms with Gasteiger partial charge in [0.25, 0.3) is 0 Å². The lowest BCUT2D eigenvalue weighted by Gasteiger charge is -2.20. The van der Waals surface area contributed by atoms with Crippen LogP contribution in [0.4, 0.5) is 5.69 Å². The first kappa shape index (κ1) is 19.8. The topological polar surface area (TPSA) is 87.9 Å². The largest absolute Gasteiger partial charge is 0.510 e. The minimum Gasteiger partial charge on any atom is -0.510 e. The maximum atomic E-state index is 10.6. The maximum Gasteiger partial charge on any atom is 0.162 e. The Morgan fingerprint density at radius 2 is 1.73 bits per heavy atom. The fraction of sp³-hybridized carbons (Fsp3) is 0.182. The number of ether oxygens (including phenoxy) is 3. The molecule has 30 heavy (non-hydrogen) atoms. The minimum atomic E-state index is 0.116. The molecule has 4 rings (SSSR count). The first-order valence-corrected chi connectivity index (χ1v) is 10.0. The fourth-order valence-corrected chi connectivity index (χ4v) is 4.20. The van der Waals surface area contributed by atoms with Gasteiger partial charge in [-0.05, 0) is 36.4 Å². The van der Waals surface area contributed by atoms with Crippen LogP contribution in [-0.4, -0.2) is 43.8 Å². The molecule has 0 fully saturated rings. The molecule has 7 nitrogen and oxygen atoms in total. The van der Waals surface area contributed by atoms with Gasteiger partial charge in [-0.15, -0.1) is 11.3 Å². The average molecular weight is 423 g/mol. The summed E-state index contributed by atoms with van der Waals surface area (Å²) in [6, 6.07) is 13.0. The Hall–Kier alpha value is -3.52. The Morgan fingerprint density at radius 3 is 2.40 bits per heavy atom. The number of benzene rings is 2. The number of nitrogens with zero attached hydrogens (tertiary/aromatic N) is 2. The van der Waals surface area contributed by atoms with Crippen LogP contribution < -0.4 is 19.1 Å². The van der Waals surface area contributed by atoms with E-state index in [1.54, 1.807) is 38.4 Å². The molecule has 0 amide bonds. The summed E-state index contributed by atoms with van der Waals surface area (Å²) in [7, 11) is 4.76. The van der Waals surface area contributed by atoms with Gasteiger partial charge >= 0.3 is 0 Å². The number of hydrogen-bond donors (Lipinski definition) is 2. The van der Waals surface area contributed by atoms with Crippen LogP contribution in [0.3, 0.4) is 0 Å². The van der Waals surface area contributed by atoms with Crippen LogP contribution in [0, 0.1) is 5.41 Å². The average Bonchev–Trinajstić information content (AvgIpc) is 3.37. The van der Waals surface area contributed by atoms with Crippen molar-refractivity contribution in [3.05, 3.63) is 58.6 Å². The van der Waals surface area contributed by atoms with Gasteiger partial charge in [-0.2, -0.15) is 0 Å². The molecule has 0 spiro atoms. The van der Waals surface area contributed by atoms with E-state index in [-0.39, 0.29) is 18.1 Å². The summed E-state index contributed by atoms with van der Waals surface area (Å²) in [6.45, 7) is 0.196. The van der Waals surface area contributed by atoms with Crippen LogP contribution in [-0.2, 0) is 0 Å². The molecule has 0 atom stereocenters. The third kappa shape index (κ3) is 3.46. The molecule has 0 saturated heterocycles. The summed E-state index contributed by atoms with van der Waals surface area (Å²) in [6.07, 6.45) is 0. The number of rotatable bonds is 6. The van der Waals surface area contributed by atoms with Gasteiger partial charge in [0.2, 0.25) is 0 Å². The predicted molar refractivity (Wildman–Crippen MR) is 118 cm³/mol. The van der Waals surface area contributed by atoms with Crippen molar-refractivity contribution in [3.8, 4) is 28.5 Å².